The lowest BCUT2D eigenvalue weighted by atomic mass is 9.88. The highest BCUT2D eigenvalue weighted by molar-refractivity contribution is 5.80. The van der Waals surface area contributed by atoms with Gasteiger partial charge in [-0.05, 0) is 55.0 Å². The molecule has 2 fully saturated rings. The second kappa shape index (κ2) is 6.36. The van der Waals surface area contributed by atoms with Crippen LogP contribution in [0.5, 0.6) is 0 Å². The van der Waals surface area contributed by atoms with E-state index in [2.05, 4.69) is 34.6 Å². The fraction of sp³-hybridized carbons (Fsp3) is 0.400. The molecule has 4 unspecified atom stereocenters. The summed E-state index contributed by atoms with van der Waals surface area (Å²) in [5.74, 6) is 0.162. The van der Waals surface area contributed by atoms with Crippen molar-refractivity contribution >= 4 is 5.91 Å². The molecule has 0 radical (unpaired) electrons. The molecule has 1 aromatic heterocycles. The summed E-state index contributed by atoms with van der Waals surface area (Å²) in [5, 5.41) is 3.15. The predicted molar refractivity (Wildman–Crippen MR) is 92.2 cm³/mol. The minimum Gasteiger partial charge on any atom is -0.374 e. The standard InChI is InChI=1S/C20H22N2O2/c1-13(22-20(23)18-12-17-6-7-19(18)24-17)14-2-4-15(5-3-14)16-8-10-21-11-9-16/h2-5,8-11,13,17-19H,6-7,12H2,1H3,(H,22,23). The van der Waals surface area contributed by atoms with Crippen molar-refractivity contribution in [3.63, 3.8) is 0 Å². The molecule has 2 aliphatic heterocycles. The summed E-state index contributed by atoms with van der Waals surface area (Å²) >= 11 is 0. The number of hydrogen-bond acceptors (Lipinski definition) is 3. The predicted octanol–water partition coefficient (Wildman–Crippen LogP) is 3.49. The number of hydrogen-bond donors (Lipinski definition) is 1. The van der Waals surface area contributed by atoms with Crippen LogP contribution in [0.25, 0.3) is 11.1 Å². The van der Waals surface area contributed by atoms with Crippen LogP contribution >= 0.6 is 0 Å². The molecular formula is C20H22N2O2. The van der Waals surface area contributed by atoms with Crippen LogP contribution in [-0.4, -0.2) is 23.1 Å². The van der Waals surface area contributed by atoms with Crippen molar-refractivity contribution in [1.82, 2.24) is 10.3 Å². The first-order chi connectivity index (χ1) is 11.7. The summed E-state index contributed by atoms with van der Waals surface area (Å²) in [5.41, 5.74) is 3.42. The Labute approximate surface area is 142 Å². The van der Waals surface area contributed by atoms with Gasteiger partial charge in [0, 0.05) is 12.4 Å². The first-order valence-electron chi connectivity index (χ1n) is 8.67. The number of fused-ring (bicyclic) bond motifs is 2. The van der Waals surface area contributed by atoms with E-state index in [9.17, 15) is 4.79 Å². The van der Waals surface area contributed by atoms with Crippen molar-refractivity contribution in [2.75, 3.05) is 0 Å². The highest BCUT2D eigenvalue weighted by atomic mass is 16.5. The van der Waals surface area contributed by atoms with Crippen LogP contribution in [0.4, 0.5) is 0 Å². The van der Waals surface area contributed by atoms with Gasteiger partial charge in [-0.3, -0.25) is 9.78 Å². The van der Waals surface area contributed by atoms with Gasteiger partial charge in [0.1, 0.15) is 0 Å². The van der Waals surface area contributed by atoms with Gasteiger partial charge in [0.25, 0.3) is 0 Å². The van der Waals surface area contributed by atoms with E-state index in [0.717, 1.165) is 36.0 Å². The minimum absolute atomic E-state index is 0.00289. The maximum atomic E-state index is 12.5. The molecule has 4 rings (SSSR count). The molecule has 4 atom stereocenters. The average molecular weight is 322 g/mol. The first-order valence-corrected chi connectivity index (χ1v) is 8.67. The zero-order chi connectivity index (χ0) is 16.5. The topological polar surface area (TPSA) is 51.2 Å². The molecule has 3 heterocycles. The van der Waals surface area contributed by atoms with Gasteiger partial charge in [-0.15, -0.1) is 0 Å². The molecule has 2 aromatic rings. The normalized spacial score (nSPS) is 26.3. The van der Waals surface area contributed by atoms with E-state index in [4.69, 9.17) is 4.74 Å². The Morgan fingerprint density at radius 3 is 2.46 bits per heavy atom. The molecule has 124 valence electrons. The van der Waals surface area contributed by atoms with Crippen molar-refractivity contribution in [3.05, 3.63) is 54.4 Å². The van der Waals surface area contributed by atoms with Crippen molar-refractivity contribution in [3.8, 4) is 11.1 Å². The van der Waals surface area contributed by atoms with Crippen LogP contribution < -0.4 is 5.32 Å². The molecule has 2 aliphatic rings. The molecule has 1 aromatic carbocycles. The van der Waals surface area contributed by atoms with Crippen LogP contribution in [0, 0.1) is 5.92 Å². The molecule has 4 nitrogen and oxygen atoms in total. The third-order valence-electron chi connectivity index (χ3n) is 5.23. The molecule has 4 heteroatoms. The number of nitrogens with one attached hydrogen (secondary N) is 1. The van der Waals surface area contributed by atoms with Gasteiger partial charge in [0.15, 0.2) is 0 Å². The quantitative estimate of drug-likeness (QED) is 0.937. The molecule has 2 bridgehead atoms. The third-order valence-corrected chi connectivity index (χ3v) is 5.23. The zero-order valence-electron chi connectivity index (χ0n) is 13.8. The van der Waals surface area contributed by atoms with Crippen molar-refractivity contribution in [2.45, 2.75) is 44.4 Å². The Morgan fingerprint density at radius 1 is 1.12 bits per heavy atom. The summed E-state index contributed by atoms with van der Waals surface area (Å²) in [6, 6.07) is 12.3. The van der Waals surface area contributed by atoms with Crippen molar-refractivity contribution < 1.29 is 9.53 Å². The molecule has 0 saturated carbocycles. The molecule has 2 saturated heterocycles. The Bertz CT molecular complexity index is 714. The summed E-state index contributed by atoms with van der Waals surface area (Å²) in [6.07, 6.45) is 7.05. The second-order valence-corrected chi connectivity index (χ2v) is 6.80. The molecule has 0 aliphatic carbocycles. The van der Waals surface area contributed by atoms with E-state index in [1.807, 2.05) is 19.1 Å². The monoisotopic (exact) mass is 322 g/mol. The Kier molecular flexibility index (Phi) is 4.07. The Morgan fingerprint density at radius 2 is 1.83 bits per heavy atom. The Hall–Kier alpha value is -2.20. The van der Waals surface area contributed by atoms with Crippen molar-refractivity contribution in [2.24, 2.45) is 5.92 Å². The van der Waals surface area contributed by atoms with E-state index in [0.29, 0.717) is 6.10 Å². The first kappa shape index (κ1) is 15.3. The van der Waals surface area contributed by atoms with E-state index in [1.54, 1.807) is 12.4 Å². The number of benzene rings is 1. The summed E-state index contributed by atoms with van der Waals surface area (Å²) in [4.78, 5) is 16.6. The minimum atomic E-state index is 0.00289. The lowest BCUT2D eigenvalue weighted by Crippen LogP contribution is -2.37. The molecule has 1 N–H and O–H groups in total. The van der Waals surface area contributed by atoms with E-state index in [1.165, 1.54) is 0 Å². The highest BCUT2D eigenvalue weighted by Crippen LogP contribution is 2.39. The lowest BCUT2D eigenvalue weighted by Gasteiger charge is -2.21. The Balaban J connectivity index is 1.41. The zero-order valence-corrected chi connectivity index (χ0v) is 13.8. The fourth-order valence-electron chi connectivity index (χ4n) is 3.83. The van der Waals surface area contributed by atoms with Gasteiger partial charge >= 0.3 is 0 Å². The maximum absolute atomic E-state index is 12.5. The van der Waals surface area contributed by atoms with Gasteiger partial charge in [-0.2, -0.15) is 0 Å². The maximum Gasteiger partial charge on any atom is 0.226 e. The van der Waals surface area contributed by atoms with Gasteiger partial charge in [0.2, 0.25) is 5.91 Å². The number of carbonyl (C=O) groups is 1. The molecule has 1 amide bonds. The number of carbonyl (C=O) groups excluding carboxylic acids is 1. The smallest absolute Gasteiger partial charge is 0.226 e. The van der Waals surface area contributed by atoms with Gasteiger partial charge in [0.05, 0.1) is 24.2 Å². The highest BCUT2D eigenvalue weighted by Gasteiger charge is 2.44. The number of nitrogens with zero attached hydrogens (tertiary/aromatic N) is 1. The van der Waals surface area contributed by atoms with Crippen LogP contribution in [0.2, 0.25) is 0 Å². The van der Waals surface area contributed by atoms with Gasteiger partial charge < -0.3 is 10.1 Å². The van der Waals surface area contributed by atoms with Gasteiger partial charge in [-0.1, -0.05) is 24.3 Å². The molecular weight excluding hydrogens is 300 g/mol. The fourth-order valence-corrected chi connectivity index (χ4v) is 3.83. The average Bonchev–Trinajstić information content (AvgIpc) is 3.26. The SMILES string of the molecule is CC(NC(=O)C1CC2CCC1O2)c1ccc(-c2ccncc2)cc1. The van der Waals surface area contributed by atoms with Crippen LogP contribution in [0.1, 0.15) is 37.8 Å². The molecule has 24 heavy (non-hydrogen) atoms. The third kappa shape index (κ3) is 2.94. The summed E-state index contributed by atoms with van der Waals surface area (Å²) in [7, 11) is 0. The van der Waals surface area contributed by atoms with E-state index in [-0.39, 0.29) is 24.0 Å². The van der Waals surface area contributed by atoms with Crippen LogP contribution in [0.15, 0.2) is 48.8 Å². The number of ether oxygens (including phenoxy) is 1. The lowest BCUT2D eigenvalue weighted by molar-refractivity contribution is -0.127. The summed E-state index contributed by atoms with van der Waals surface area (Å²) in [6.45, 7) is 2.04. The van der Waals surface area contributed by atoms with Crippen molar-refractivity contribution in [1.29, 1.82) is 0 Å². The molecule has 0 spiro atoms. The number of amides is 1. The van der Waals surface area contributed by atoms with E-state index < -0.39 is 0 Å². The second-order valence-electron chi connectivity index (χ2n) is 6.80. The number of aromatic nitrogens is 1. The summed E-state index contributed by atoms with van der Waals surface area (Å²) < 4.78 is 5.79. The largest absolute Gasteiger partial charge is 0.374 e. The van der Waals surface area contributed by atoms with Crippen LogP contribution in [-0.2, 0) is 9.53 Å². The van der Waals surface area contributed by atoms with Gasteiger partial charge in [-0.25, -0.2) is 0 Å². The number of pyridine rings is 1. The van der Waals surface area contributed by atoms with E-state index >= 15 is 0 Å². The van der Waals surface area contributed by atoms with Crippen LogP contribution in [0.3, 0.4) is 0 Å². The number of rotatable bonds is 4.